The van der Waals surface area contributed by atoms with Crippen molar-refractivity contribution >= 4 is 22.8 Å². The second kappa shape index (κ2) is 10.0. The standard InChI is InChI=1S/C23H20F3N3O3S/c1-30-20-9-16(27-11-21(20)31-12-15-5-3-2-4-6-15)13-33-22-28-18-8-7-17(10-19(18)29-22)32-14-23(24,25)26/h2-11H,12-14H2,1H3,(H,28,29). The lowest BCUT2D eigenvalue weighted by Crippen LogP contribution is -2.19. The largest absolute Gasteiger partial charge is 0.493 e. The van der Waals surface area contributed by atoms with Crippen LogP contribution in [0.3, 0.4) is 0 Å². The fourth-order valence-corrected chi connectivity index (χ4v) is 3.76. The number of aromatic amines is 1. The number of alkyl halides is 3. The van der Waals surface area contributed by atoms with Crippen molar-refractivity contribution in [1.82, 2.24) is 15.0 Å². The molecule has 4 rings (SSSR count). The van der Waals surface area contributed by atoms with E-state index in [4.69, 9.17) is 14.2 Å². The number of rotatable bonds is 9. The summed E-state index contributed by atoms with van der Waals surface area (Å²) >= 11 is 1.41. The molecule has 0 saturated heterocycles. The van der Waals surface area contributed by atoms with Gasteiger partial charge in [0.1, 0.15) is 12.4 Å². The Morgan fingerprint density at radius 2 is 1.82 bits per heavy atom. The minimum atomic E-state index is -4.39. The zero-order valence-electron chi connectivity index (χ0n) is 17.6. The lowest BCUT2D eigenvalue weighted by molar-refractivity contribution is -0.153. The number of fused-ring (bicyclic) bond motifs is 1. The van der Waals surface area contributed by atoms with Crippen LogP contribution in [0.25, 0.3) is 11.0 Å². The molecule has 0 aliphatic heterocycles. The van der Waals surface area contributed by atoms with Gasteiger partial charge in [0.25, 0.3) is 0 Å². The first-order chi connectivity index (χ1) is 15.9. The number of methoxy groups -OCH3 is 1. The first kappa shape index (κ1) is 22.8. The predicted molar refractivity (Wildman–Crippen MR) is 119 cm³/mol. The van der Waals surface area contributed by atoms with E-state index in [0.717, 1.165) is 11.3 Å². The number of ether oxygens (including phenoxy) is 3. The molecular weight excluding hydrogens is 455 g/mol. The number of benzene rings is 2. The van der Waals surface area contributed by atoms with Gasteiger partial charge in [-0.05, 0) is 17.7 Å². The number of nitrogens with zero attached hydrogens (tertiary/aromatic N) is 2. The molecule has 2 aromatic carbocycles. The van der Waals surface area contributed by atoms with Crippen molar-refractivity contribution < 1.29 is 27.4 Å². The van der Waals surface area contributed by atoms with Crippen LogP contribution in [0.15, 0.2) is 66.0 Å². The molecule has 4 aromatic rings. The number of hydrogen-bond acceptors (Lipinski definition) is 6. The average Bonchev–Trinajstić information content (AvgIpc) is 3.22. The van der Waals surface area contributed by atoms with Gasteiger partial charge in [0.2, 0.25) is 0 Å². The fraction of sp³-hybridized carbons (Fsp3) is 0.217. The lowest BCUT2D eigenvalue weighted by atomic mass is 10.2. The van der Waals surface area contributed by atoms with Crippen LogP contribution in [-0.4, -0.2) is 34.8 Å². The molecule has 0 radical (unpaired) electrons. The number of halogens is 3. The first-order valence-corrected chi connectivity index (χ1v) is 10.9. The van der Waals surface area contributed by atoms with Crippen molar-refractivity contribution in [3.05, 3.63) is 72.1 Å². The van der Waals surface area contributed by atoms with Gasteiger partial charge in [-0.2, -0.15) is 13.2 Å². The van der Waals surface area contributed by atoms with Crippen molar-refractivity contribution in [3.63, 3.8) is 0 Å². The molecule has 2 heterocycles. The Balaban J connectivity index is 1.38. The fourth-order valence-electron chi connectivity index (χ4n) is 2.97. The summed E-state index contributed by atoms with van der Waals surface area (Å²) in [7, 11) is 1.57. The number of H-pyrrole nitrogens is 1. The van der Waals surface area contributed by atoms with Crippen LogP contribution in [-0.2, 0) is 12.4 Å². The van der Waals surface area contributed by atoms with Gasteiger partial charge in [-0.1, -0.05) is 42.1 Å². The van der Waals surface area contributed by atoms with Crippen LogP contribution >= 0.6 is 11.8 Å². The molecule has 0 saturated carbocycles. The summed E-state index contributed by atoms with van der Waals surface area (Å²) in [5.41, 5.74) is 3.02. The summed E-state index contributed by atoms with van der Waals surface area (Å²) in [6.45, 7) is -0.941. The number of imidazole rings is 1. The van der Waals surface area contributed by atoms with Crippen molar-refractivity contribution in [3.8, 4) is 17.2 Å². The molecule has 0 unspecified atom stereocenters. The summed E-state index contributed by atoms with van der Waals surface area (Å²) in [4.78, 5) is 12.0. The topological polar surface area (TPSA) is 69.3 Å². The zero-order valence-corrected chi connectivity index (χ0v) is 18.4. The van der Waals surface area contributed by atoms with Crippen molar-refractivity contribution in [2.75, 3.05) is 13.7 Å². The SMILES string of the molecule is COc1cc(CSc2nc3cc(OCC(F)(F)F)ccc3[nH]2)ncc1OCc1ccccc1. The van der Waals surface area contributed by atoms with Crippen LogP contribution in [0.4, 0.5) is 13.2 Å². The van der Waals surface area contributed by atoms with Gasteiger partial charge in [0, 0.05) is 17.9 Å². The molecule has 0 fully saturated rings. The third kappa shape index (κ3) is 6.32. The molecule has 10 heteroatoms. The maximum Gasteiger partial charge on any atom is 0.422 e. The number of hydrogen-bond donors (Lipinski definition) is 1. The second-order valence-electron chi connectivity index (χ2n) is 7.01. The normalized spacial score (nSPS) is 11.5. The molecule has 0 amide bonds. The highest BCUT2D eigenvalue weighted by atomic mass is 32.2. The molecule has 0 spiro atoms. The molecule has 2 aromatic heterocycles. The summed E-state index contributed by atoms with van der Waals surface area (Å²) in [5, 5.41) is 0.614. The Bertz CT molecular complexity index is 1220. The van der Waals surface area contributed by atoms with Crippen molar-refractivity contribution in [1.29, 1.82) is 0 Å². The molecule has 1 N–H and O–H groups in total. The van der Waals surface area contributed by atoms with Gasteiger partial charge in [-0.15, -0.1) is 0 Å². The highest BCUT2D eigenvalue weighted by molar-refractivity contribution is 7.98. The molecule has 0 aliphatic rings. The summed E-state index contributed by atoms with van der Waals surface area (Å²) in [6.07, 6.45) is -2.77. The molecule has 0 bridgehead atoms. The third-order valence-corrected chi connectivity index (χ3v) is 5.44. The van der Waals surface area contributed by atoms with Gasteiger partial charge >= 0.3 is 6.18 Å². The van der Waals surface area contributed by atoms with Crippen LogP contribution in [0.1, 0.15) is 11.3 Å². The average molecular weight is 475 g/mol. The van der Waals surface area contributed by atoms with Gasteiger partial charge in [0.05, 0.1) is 30.0 Å². The Kier molecular flexibility index (Phi) is 6.93. The Hall–Kier alpha value is -3.40. The molecule has 172 valence electrons. The number of nitrogens with one attached hydrogen (secondary N) is 1. The van der Waals surface area contributed by atoms with E-state index in [0.29, 0.717) is 40.0 Å². The van der Waals surface area contributed by atoms with Crippen molar-refractivity contribution in [2.24, 2.45) is 0 Å². The molecule has 0 aliphatic carbocycles. The predicted octanol–water partition coefficient (Wildman–Crippen LogP) is 5.78. The number of thioether (sulfide) groups is 1. The number of pyridine rings is 1. The number of aromatic nitrogens is 3. The van der Waals surface area contributed by atoms with Gasteiger partial charge in [0.15, 0.2) is 23.3 Å². The van der Waals surface area contributed by atoms with E-state index in [2.05, 4.69) is 15.0 Å². The maximum absolute atomic E-state index is 12.3. The molecule has 6 nitrogen and oxygen atoms in total. The van der Waals surface area contributed by atoms with E-state index in [-0.39, 0.29) is 5.75 Å². The van der Waals surface area contributed by atoms with Crippen LogP contribution in [0.2, 0.25) is 0 Å². The highest BCUT2D eigenvalue weighted by Crippen LogP contribution is 2.30. The van der Waals surface area contributed by atoms with Crippen LogP contribution < -0.4 is 14.2 Å². The third-order valence-electron chi connectivity index (χ3n) is 4.54. The smallest absolute Gasteiger partial charge is 0.422 e. The van der Waals surface area contributed by atoms with Gasteiger partial charge in [-0.3, -0.25) is 4.98 Å². The minimum Gasteiger partial charge on any atom is -0.493 e. The Labute approximate surface area is 192 Å². The van der Waals surface area contributed by atoms with Gasteiger partial charge < -0.3 is 19.2 Å². The van der Waals surface area contributed by atoms with E-state index < -0.39 is 12.8 Å². The summed E-state index contributed by atoms with van der Waals surface area (Å²) in [5.74, 6) is 1.74. The van der Waals surface area contributed by atoms with Gasteiger partial charge in [-0.25, -0.2) is 4.98 Å². The van der Waals surface area contributed by atoms with Crippen LogP contribution in [0.5, 0.6) is 17.2 Å². The second-order valence-corrected chi connectivity index (χ2v) is 7.98. The van der Waals surface area contributed by atoms with E-state index in [9.17, 15) is 13.2 Å². The van der Waals surface area contributed by atoms with E-state index in [1.54, 1.807) is 25.4 Å². The van der Waals surface area contributed by atoms with Crippen LogP contribution in [0, 0.1) is 0 Å². The quantitative estimate of drug-likeness (QED) is 0.310. The molecule has 33 heavy (non-hydrogen) atoms. The minimum absolute atomic E-state index is 0.111. The molecule has 0 atom stereocenters. The van der Waals surface area contributed by atoms with E-state index in [1.165, 1.54) is 23.9 Å². The van der Waals surface area contributed by atoms with Crippen molar-refractivity contribution in [2.45, 2.75) is 23.7 Å². The summed E-state index contributed by atoms with van der Waals surface area (Å²) in [6, 6.07) is 16.2. The lowest BCUT2D eigenvalue weighted by Gasteiger charge is -2.11. The van der Waals surface area contributed by atoms with E-state index >= 15 is 0 Å². The summed E-state index contributed by atoms with van der Waals surface area (Å²) < 4.78 is 53.1. The Morgan fingerprint density at radius 3 is 2.58 bits per heavy atom. The molecular formula is C23H20F3N3O3S. The zero-order chi connectivity index (χ0) is 23.3. The highest BCUT2D eigenvalue weighted by Gasteiger charge is 2.28. The van der Waals surface area contributed by atoms with E-state index in [1.807, 2.05) is 30.3 Å². The maximum atomic E-state index is 12.3. The first-order valence-electron chi connectivity index (χ1n) is 9.91. The monoisotopic (exact) mass is 475 g/mol. The Morgan fingerprint density at radius 1 is 1.00 bits per heavy atom.